The van der Waals surface area contributed by atoms with Gasteiger partial charge in [0.2, 0.25) is 11.8 Å². The zero-order valence-electron chi connectivity index (χ0n) is 20.2. The zero-order chi connectivity index (χ0) is 26.3. The summed E-state index contributed by atoms with van der Waals surface area (Å²) < 4.78 is 32.8. The number of ether oxygens (including phenoxy) is 1. The van der Waals surface area contributed by atoms with Gasteiger partial charge in [-0.05, 0) is 47.4 Å². The Morgan fingerprint density at radius 1 is 1.14 bits per heavy atom. The Balaban J connectivity index is 1.30. The molecular weight excluding hydrogens is 486 g/mol. The van der Waals surface area contributed by atoms with Crippen LogP contribution in [0.25, 0.3) is 0 Å². The number of benzene rings is 2. The first-order chi connectivity index (χ1) is 17.6. The van der Waals surface area contributed by atoms with Crippen molar-refractivity contribution in [3.63, 3.8) is 0 Å². The van der Waals surface area contributed by atoms with Gasteiger partial charge in [0, 0.05) is 44.8 Å². The number of nitrogens with zero attached hydrogens (tertiary/aromatic N) is 2. The first kappa shape index (κ1) is 24.8. The Kier molecular flexibility index (Phi) is 6.40. The summed E-state index contributed by atoms with van der Waals surface area (Å²) in [7, 11) is 1.58. The van der Waals surface area contributed by atoms with Crippen LogP contribution in [-0.2, 0) is 38.5 Å². The first-order valence-corrected chi connectivity index (χ1v) is 12.0. The molecule has 3 aliphatic rings. The largest absolute Gasteiger partial charge is 0.381 e. The number of fused-ring (bicyclic) bond motifs is 1. The van der Waals surface area contributed by atoms with Gasteiger partial charge in [-0.3, -0.25) is 19.7 Å². The summed E-state index contributed by atoms with van der Waals surface area (Å²) in [5.41, 5.74) is 1.46. The molecule has 2 aromatic carbocycles. The molecule has 37 heavy (non-hydrogen) atoms. The number of halogens is 2. The highest BCUT2D eigenvalue weighted by molar-refractivity contribution is 6.07. The van der Waals surface area contributed by atoms with E-state index in [1.165, 1.54) is 9.80 Å². The molecule has 11 heteroatoms. The summed E-state index contributed by atoms with van der Waals surface area (Å²) in [5, 5.41) is 5.12. The molecule has 9 nitrogen and oxygen atoms in total. The fourth-order valence-corrected chi connectivity index (χ4v) is 5.27. The third kappa shape index (κ3) is 4.78. The lowest BCUT2D eigenvalue weighted by Gasteiger charge is -2.27. The number of likely N-dealkylation sites (N-methyl/N-ethyl adjacent to an activating group) is 1. The lowest BCUT2D eigenvalue weighted by atomic mass is 9.95. The van der Waals surface area contributed by atoms with Crippen LogP contribution in [0.4, 0.5) is 19.3 Å². The maximum atomic E-state index is 13.7. The quantitative estimate of drug-likeness (QED) is 0.576. The summed E-state index contributed by atoms with van der Waals surface area (Å²) in [6.45, 7) is 0.194. The van der Waals surface area contributed by atoms with E-state index in [9.17, 15) is 28.0 Å². The molecule has 2 aliphatic heterocycles. The third-order valence-corrected chi connectivity index (χ3v) is 7.27. The second-order valence-electron chi connectivity index (χ2n) is 9.77. The van der Waals surface area contributed by atoms with Crippen molar-refractivity contribution >= 4 is 29.4 Å². The van der Waals surface area contributed by atoms with E-state index in [2.05, 4.69) is 10.6 Å². The first-order valence-electron chi connectivity index (χ1n) is 12.0. The van der Waals surface area contributed by atoms with Gasteiger partial charge in [-0.15, -0.1) is 0 Å². The minimum Gasteiger partial charge on any atom is -0.381 e. The molecule has 0 radical (unpaired) electrons. The Hall–Kier alpha value is -3.86. The fraction of sp³-hybridized carbons (Fsp3) is 0.385. The highest BCUT2D eigenvalue weighted by Crippen LogP contribution is 2.38. The van der Waals surface area contributed by atoms with E-state index in [0.29, 0.717) is 31.6 Å². The molecule has 1 spiro atoms. The number of nitrogens with one attached hydrogen (secondary N) is 2. The van der Waals surface area contributed by atoms with Gasteiger partial charge in [-0.25, -0.2) is 13.6 Å². The van der Waals surface area contributed by atoms with Crippen LogP contribution in [0.5, 0.6) is 0 Å². The van der Waals surface area contributed by atoms with E-state index in [1.54, 1.807) is 25.2 Å². The lowest BCUT2D eigenvalue weighted by Crippen LogP contribution is -2.48. The predicted molar refractivity (Wildman–Crippen MR) is 127 cm³/mol. The van der Waals surface area contributed by atoms with Crippen molar-refractivity contribution in [2.24, 2.45) is 5.92 Å². The zero-order valence-corrected chi connectivity index (χ0v) is 20.2. The normalized spacial score (nSPS) is 22.4. The van der Waals surface area contributed by atoms with Gasteiger partial charge < -0.3 is 19.9 Å². The summed E-state index contributed by atoms with van der Waals surface area (Å²) in [5.74, 6) is -3.12. The van der Waals surface area contributed by atoms with Crippen LogP contribution in [0.3, 0.4) is 0 Å². The Bertz CT molecular complexity index is 1280. The minimum atomic E-state index is -0.977. The molecule has 2 aromatic rings. The predicted octanol–water partition coefficient (Wildman–Crippen LogP) is 1.99. The summed E-state index contributed by atoms with van der Waals surface area (Å²) in [6.07, 6.45) is 1.20. The highest BCUT2D eigenvalue weighted by atomic mass is 19.1. The molecule has 0 aromatic heterocycles. The standard InChI is InChI=1S/C26H26F2N4O5/c1-31-25(36)30-24(35)26(31)10-16-2-3-21(8-18(16)11-26)29-22(33)13-32(23(34)17-4-5-37-14-17)12-15-6-19(27)9-20(28)7-15/h2-3,6-9,17H,4-5,10-14H2,1H3,(H,29,33)(H,30,35,36)/t17-,26-/m0/s1. The van der Waals surface area contributed by atoms with Crippen LogP contribution in [-0.4, -0.2) is 65.9 Å². The van der Waals surface area contributed by atoms with Crippen LogP contribution >= 0.6 is 0 Å². The molecule has 2 atom stereocenters. The number of hydrogen-bond donors (Lipinski definition) is 2. The molecule has 194 valence electrons. The van der Waals surface area contributed by atoms with Crippen molar-refractivity contribution in [1.82, 2.24) is 15.1 Å². The molecule has 0 unspecified atom stereocenters. The topological polar surface area (TPSA) is 108 Å². The molecule has 2 saturated heterocycles. The van der Waals surface area contributed by atoms with E-state index in [0.717, 1.165) is 29.3 Å². The van der Waals surface area contributed by atoms with Crippen LogP contribution in [0.15, 0.2) is 36.4 Å². The molecule has 2 fully saturated rings. The van der Waals surface area contributed by atoms with Gasteiger partial charge in [0.05, 0.1) is 12.5 Å². The van der Waals surface area contributed by atoms with Crippen molar-refractivity contribution in [1.29, 1.82) is 0 Å². The van der Waals surface area contributed by atoms with Crippen molar-refractivity contribution in [2.75, 3.05) is 32.1 Å². The van der Waals surface area contributed by atoms with Gasteiger partial charge in [0.1, 0.15) is 23.7 Å². The second-order valence-corrected chi connectivity index (χ2v) is 9.77. The highest BCUT2D eigenvalue weighted by Gasteiger charge is 2.54. The van der Waals surface area contributed by atoms with Gasteiger partial charge in [0.25, 0.3) is 5.91 Å². The van der Waals surface area contributed by atoms with Crippen molar-refractivity contribution in [3.8, 4) is 0 Å². The number of hydrogen-bond acceptors (Lipinski definition) is 5. The molecule has 1 aliphatic carbocycles. The Morgan fingerprint density at radius 3 is 2.51 bits per heavy atom. The second kappa shape index (κ2) is 9.55. The number of carbonyl (C=O) groups excluding carboxylic acids is 4. The number of carbonyl (C=O) groups is 4. The number of anilines is 1. The van der Waals surface area contributed by atoms with Crippen LogP contribution < -0.4 is 10.6 Å². The Morgan fingerprint density at radius 2 is 1.86 bits per heavy atom. The SMILES string of the molecule is CN1C(=O)NC(=O)[C@@]12Cc1ccc(NC(=O)CN(Cc3cc(F)cc(F)c3)C(=O)[C@H]3CCOC3)cc1C2. The smallest absolute Gasteiger partial charge is 0.324 e. The van der Waals surface area contributed by atoms with E-state index in [1.807, 2.05) is 0 Å². The van der Waals surface area contributed by atoms with Crippen molar-refractivity contribution in [3.05, 3.63) is 64.7 Å². The molecule has 0 saturated carbocycles. The van der Waals surface area contributed by atoms with Crippen molar-refractivity contribution in [2.45, 2.75) is 31.3 Å². The maximum absolute atomic E-state index is 13.7. The number of rotatable bonds is 6. The van der Waals surface area contributed by atoms with E-state index in [4.69, 9.17) is 4.74 Å². The summed E-state index contributed by atoms with van der Waals surface area (Å²) in [6, 6.07) is 7.81. The van der Waals surface area contributed by atoms with Crippen molar-refractivity contribution < 1.29 is 32.7 Å². The number of urea groups is 1. The number of imide groups is 1. The summed E-state index contributed by atoms with van der Waals surface area (Å²) in [4.78, 5) is 53.2. The molecule has 5 rings (SSSR count). The van der Waals surface area contributed by atoms with Gasteiger partial charge >= 0.3 is 6.03 Å². The maximum Gasteiger partial charge on any atom is 0.324 e. The van der Waals surface area contributed by atoms with Crippen LogP contribution in [0, 0.1) is 17.6 Å². The van der Waals surface area contributed by atoms with E-state index < -0.39 is 35.0 Å². The average molecular weight is 513 g/mol. The molecule has 2 heterocycles. The van der Waals surface area contributed by atoms with E-state index in [-0.39, 0.29) is 37.1 Å². The Labute approximate surface area is 211 Å². The molecule has 0 bridgehead atoms. The lowest BCUT2D eigenvalue weighted by molar-refractivity contribution is -0.139. The minimum absolute atomic E-state index is 0.139. The molecule has 5 amide bonds. The fourth-order valence-electron chi connectivity index (χ4n) is 5.27. The van der Waals surface area contributed by atoms with Crippen LogP contribution in [0.2, 0.25) is 0 Å². The monoisotopic (exact) mass is 512 g/mol. The van der Waals surface area contributed by atoms with Crippen LogP contribution in [0.1, 0.15) is 23.1 Å². The van der Waals surface area contributed by atoms with Gasteiger partial charge in [-0.1, -0.05) is 6.07 Å². The summed E-state index contributed by atoms with van der Waals surface area (Å²) >= 11 is 0. The van der Waals surface area contributed by atoms with Gasteiger partial charge in [-0.2, -0.15) is 0 Å². The molecule has 2 N–H and O–H groups in total. The average Bonchev–Trinajstić information content (AvgIpc) is 3.54. The van der Waals surface area contributed by atoms with E-state index >= 15 is 0 Å². The third-order valence-electron chi connectivity index (χ3n) is 7.27. The molecular formula is C26H26F2N4O5. The van der Waals surface area contributed by atoms with Gasteiger partial charge in [0.15, 0.2) is 0 Å². The number of amides is 5.